The van der Waals surface area contributed by atoms with E-state index in [-0.39, 0.29) is 0 Å². The molecule has 0 spiro atoms. The van der Waals surface area contributed by atoms with Crippen LogP contribution in [0.2, 0.25) is 0 Å². The first-order chi connectivity index (χ1) is 6.24. The second-order valence-corrected chi connectivity index (χ2v) is 2.47. The minimum atomic E-state index is -0.917. The summed E-state index contributed by atoms with van der Waals surface area (Å²) in [5.74, 6) is -0.917. The van der Waals surface area contributed by atoms with E-state index >= 15 is 0 Å². The van der Waals surface area contributed by atoms with Crippen LogP contribution in [0.5, 0.6) is 0 Å². The molecule has 0 aliphatic heterocycles. The lowest BCUT2D eigenvalue weighted by molar-refractivity contribution is -0.374. The van der Waals surface area contributed by atoms with E-state index in [9.17, 15) is 0 Å². The SMILES string of the molecule is C=CCC(OCC)(OCC)OCC. The second kappa shape index (κ2) is 7.06. The Hall–Kier alpha value is -0.380. The van der Waals surface area contributed by atoms with Crippen LogP contribution in [0.25, 0.3) is 0 Å². The maximum Gasteiger partial charge on any atom is 0.286 e. The van der Waals surface area contributed by atoms with Gasteiger partial charge >= 0.3 is 0 Å². The van der Waals surface area contributed by atoms with Gasteiger partial charge in [0.05, 0.1) is 0 Å². The Labute approximate surface area is 80.7 Å². The van der Waals surface area contributed by atoms with Crippen LogP contribution in [0.3, 0.4) is 0 Å². The van der Waals surface area contributed by atoms with Crippen molar-refractivity contribution in [2.75, 3.05) is 19.8 Å². The zero-order chi connectivity index (χ0) is 10.2. The summed E-state index contributed by atoms with van der Waals surface area (Å²) in [5, 5.41) is 0. The van der Waals surface area contributed by atoms with Crippen LogP contribution in [0.1, 0.15) is 27.2 Å². The molecular formula is C10H20O3. The molecule has 0 heterocycles. The predicted molar refractivity (Wildman–Crippen MR) is 52.4 cm³/mol. The van der Waals surface area contributed by atoms with Crippen molar-refractivity contribution in [2.45, 2.75) is 33.2 Å². The summed E-state index contributed by atoms with van der Waals surface area (Å²) < 4.78 is 16.3. The van der Waals surface area contributed by atoms with Crippen molar-refractivity contribution in [1.82, 2.24) is 0 Å². The van der Waals surface area contributed by atoms with Gasteiger partial charge in [-0.25, -0.2) is 0 Å². The van der Waals surface area contributed by atoms with Crippen LogP contribution in [0, 0.1) is 0 Å². The molecule has 0 aliphatic rings. The van der Waals surface area contributed by atoms with Gasteiger partial charge in [0, 0.05) is 26.2 Å². The van der Waals surface area contributed by atoms with Gasteiger partial charge in [0.2, 0.25) is 0 Å². The fourth-order valence-electron chi connectivity index (χ4n) is 1.14. The fraction of sp³-hybridized carbons (Fsp3) is 0.800. The Bertz CT molecular complexity index is 117. The van der Waals surface area contributed by atoms with Gasteiger partial charge in [-0.1, -0.05) is 6.08 Å². The van der Waals surface area contributed by atoms with Crippen LogP contribution < -0.4 is 0 Å². The highest BCUT2D eigenvalue weighted by Crippen LogP contribution is 2.20. The topological polar surface area (TPSA) is 27.7 Å². The average Bonchev–Trinajstić information content (AvgIpc) is 2.06. The largest absolute Gasteiger partial charge is 0.328 e. The highest BCUT2D eigenvalue weighted by Gasteiger charge is 2.30. The fourth-order valence-corrected chi connectivity index (χ4v) is 1.14. The quantitative estimate of drug-likeness (QED) is 0.432. The Morgan fingerprint density at radius 1 is 1.00 bits per heavy atom. The molecule has 0 aromatic carbocycles. The van der Waals surface area contributed by atoms with Crippen molar-refractivity contribution in [3.8, 4) is 0 Å². The van der Waals surface area contributed by atoms with E-state index in [0.29, 0.717) is 26.2 Å². The van der Waals surface area contributed by atoms with Crippen molar-refractivity contribution < 1.29 is 14.2 Å². The van der Waals surface area contributed by atoms with Crippen LogP contribution in [0.4, 0.5) is 0 Å². The third-order valence-electron chi connectivity index (χ3n) is 1.49. The molecule has 78 valence electrons. The Kier molecular flexibility index (Phi) is 6.86. The van der Waals surface area contributed by atoms with Gasteiger partial charge in [0.25, 0.3) is 5.97 Å². The maximum atomic E-state index is 5.44. The minimum absolute atomic E-state index is 0.544. The molecule has 3 heteroatoms. The molecule has 0 radical (unpaired) electrons. The van der Waals surface area contributed by atoms with Crippen molar-refractivity contribution in [1.29, 1.82) is 0 Å². The summed E-state index contributed by atoms with van der Waals surface area (Å²) in [4.78, 5) is 0. The van der Waals surface area contributed by atoms with Gasteiger partial charge in [-0.2, -0.15) is 0 Å². The van der Waals surface area contributed by atoms with Crippen LogP contribution in [-0.4, -0.2) is 25.8 Å². The number of hydrogen-bond donors (Lipinski definition) is 0. The summed E-state index contributed by atoms with van der Waals surface area (Å²) >= 11 is 0. The van der Waals surface area contributed by atoms with E-state index in [2.05, 4.69) is 6.58 Å². The van der Waals surface area contributed by atoms with Gasteiger partial charge in [-0.05, 0) is 20.8 Å². The van der Waals surface area contributed by atoms with Crippen molar-refractivity contribution >= 4 is 0 Å². The lowest BCUT2D eigenvalue weighted by atomic mass is 10.3. The second-order valence-electron chi connectivity index (χ2n) is 2.47. The van der Waals surface area contributed by atoms with Gasteiger partial charge in [0.1, 0.15) is 0 Å². The molecular weight excluding hydrogens is 168 g/mol. The van der Waals surface area contributed by atoms with E-state index in [1.54, 1.807) is 6.08 Å². The van der Waals surface area contributed by atoms with E-state index < -0.39 is 5.97 Å². The average molecular weight is 188 g/mol. The highest BCUT2D eigenvalue weighted by molar-refractivity contribution is 4.74. The van der Waals surface area contributed by atoms with Crippen molar-refractivity contribution in [3.05, 3.63) is 12.7 Å². The van der Waals surface area contributed by atoms with E-state index in [1.165, 1.54) is 0 Å². The highest BCUT2D eigenvalue weighted by atomic mass is 16.9. The van der Waals surface area contributed by atoms with E-state index in [1.807, 2.05) is 20.8 Å². The zero-order valence-electron chi connectivity index (χ0n) is 8.84. The summed E-state index contributed by atoms with van der Waals surface area (Å²) in [6.45, 7) is 11.1. The summed E-state index contributed by atoms with van der Waals surface area (Å²) in [6.07, 6.45) is 2.28. The van der Waals surface area contributed by atoms with Crippen molar-refractivity contribution in [2.24, 2.45) is 0 Å². The van der Waals surface area contributed by atoms with Crippen LogP contribution >= 0.6 is 0 Å². The first-order valence-corrected chi connectivity index (χ1v) is 4.77. The molecule has 13 heavy (non-hydrogen) atoms. The first kappa shape index (κ1) is 12.6. The first-order valence-electron chi connectivity index (χ1n) is 4.77. The predicted octanol–water partition coefficient (Wildman–Crippen LogP) is 2.33. The summed E-state index contributed by atoms with van der Waals surface area (Å²) in [5.41, 5.74) is 0. The molecule has 0 rings (SSSR count). The molecule has 0 saturated carbocycles. The summed E-state index contributed by atoms with van der Waals surface area (Å²) in [7, 11) is 0. The maximum absolute atomic E-state index is 5.44. The molecule has 0 bridgehead atoms. The van der Waals surface area contributed by atoms with Crippen molar-refractivity contribution in [3.63, 3.8) is 0 Å². The van der Waals surface area contributed by atoms with Gasteiger partial charge in [-0.3, -0.25) is 0 Å². The lowest BCUT2D eigenvalue weighted by Crippen LogP contribution is -2.38. The van der Waals surface area contributed by atoms with Crippen LogP contribution in [-0.2, 0) is 14.2 Å². The Morgan fingerprint density at radius 3 is 1.62 bits per heavy atom. The number of ether oxygens (including phenoxy) is 3. The molecule has 0 fully saturated rings. The number of rotatable bonds is 8. The van der Waals surface area contributed by atoms with E-state index in [4.69, 9.17) is 14.2 Å². The minimum Gasteiger partial charge on any atom is -0.328 e. The van der Waals surface area contributed by atoms with Crippen LogP contribution in [0.15, 0.2) is 12.7 Å². The third-order valence-corrected chi connectivity index (χ3v) is 1.49. The number of hydrogen-bond acceptors (Lipinski definition) is 3. The molecule has 0 aromatic rings. The molecule has 3 nitrogen and oxygen atoms in total. The van der Waals surface area contributed by atoms with Gasteiger partial charge in [-0.15, -0.1) is 6.58 Å². The smallest absolute Gasteiger partial charge is 0.286 e. The molecule has 0 unspecified atom stereocenters. The Morgan fingerprint density at radius 2 is 1.38 bits per heavy atom. The Balaban J connectivity index is 4.27. The molecule has 0 aliphatic carbocycles. The molecule has 0 N–H and O–H groups in total. The molecule has 0 aromatic heterocycles. The lowest BCUT2D eigenvalue weighted by Gasteiger charge is -2.31. The van der Waals surface area contributed by atoms with Gasteiger partial charge in [0.15, 0.2) is 0 Å². The zero-order valence-corrected chi connectivity index (χ0v) is 8.84. The van der Waals surface area contributed by atoms with E-state index in [0.717, 1.165) is 0 Å². The van der Waals surface area contributed by atoms with Gasteiger partial charge < -0.3 is 14.2 Å². The molecule has 0 saturated heterocycles. The molecule has 0 amide bonds. The monoisotopic (exact) mass is 188 g/mol. The third kappa shape index (κ3) is 4.41. The molecule has 0 atom stereocenters. The summed E-state index contributed by atoms with van der Waals surface area (Å²) in [6, 6.07) is 0. The standard InChI is InChI=1S/C10H20O3/c1-5-9-10(11-6-2,12-7-3)13-8-4/h5H,1,6-9H2,2-4H3. The normalized spacial score (nSPS) is 11.6.